The van der Waals surface area contributed by atoms with Gasteiger partial charge in [-0.15, -0.1) is 0 Å². The first-order valence-electron chi connectivity index (χ1n) is 7.20. The summed E-state index contributed by atoms with van der Waals surface area (Å²) in [6.45, 7) is 0.327. The van der Waals surface area contributed by atoms with Gasteiger partial charge in [0.2, 0.25) is 0 Å². The molecule has 0 spiro atoms. The van der Waals surface area contributed by atoms with Crippen LogP contribution in [0, 0.1) is 0 Å². The number of alkyl halides is 3. The van der Waals surface area contributed by atoms with Crippen molar-refractivity contribution in [1.29, 1.82) is 0 Å². The molecule has 1 aliphatic carbocycles. The highest BCUT2D eigenvalue weighted by Gasteiger charge is 2.37. The van der Waals surface area contributed by atoms with Crippen LogP contribution in [0.3, 0.4) is 0 Å². The van der Waals surface area contributed by atoms with Crippen molar-refractivity contribution in [3.63, 3.8) is 0 Å². The monoisotopic (exact) mass is 298 g/mol. The Morgan fingerprint density at radius 3 is 2.62 bits per heavy atom. The molecule has 1 heterocycles. The fourth-order valence-corrected chi connectivity index (χ4v) is 3.14. The lowest BCUT2D eigenvalue weighted by molar-refractivity contribution is -0.138. The van der Waals surface area contributed by atoms with Crippen LogP contribution >= 0.6 is 0 Å². The van der Waals surface area contributed by atoms with E-state index >= 15 is 0 Å². The van der Waals surface area contributed by atoms with Crippen molar-refractivity contribution in [3.05, 3.63) is 34.4 Å². The van der Waals surface area contributed by atoms with E-state index in [9.17, 15) is 18.0 Å². The van der Waals surface area contributed by atoms with Crippen molar-refractivity contribution >= 4 is 5.91 Å². The molecule has 0 saturated heterocycles. The second kappa shape index (κ2) is 5.33. The Bertz CT molecular complexity index is 563. The summed E-state index contributed by atoms with van der Waals surface area (Å²) in [7, 11) is 0. The Hall–Kier alpha value is -1.56. The number of fused-ring (bicyclic) bond motifs is 1. The quantitative estimate of drug-likeness (QED) is 0.900. The summed E-state index contributed by atoms with van der Waals surface area (Å²) < 4.78 is 39.4. The smallest absolute Gasteiger partial charge is 0.348 e. The molecule has 1 amide bonds. The molecule has 1 aliphatic heterocycles. The van der Waals surface area contributed by atoms with E-state index in [2.05, 4.69) is 10.6 Å². The van der Waals surface area contributed by atoms with Crippen LogP contribution in [0.5, 0.6) is 0 Å². The predicted octanol–water partition coefficient (Wildman–Crippen LogP) is 2.98. The van der Waals surface area contributed by atoms with Gasteiger partial charge in [0.05, 0.1) is 5.56 Å². The molecule has 2 aliphatic rings. The molecule has 0 atom stereocenters. The third-order valence-corrected chi connectivity index (χ3v) is 4.24. The van der Waals surface area contributed by atoms with Gasteiger partial charge in [-0.2, -0.15) is 13.2 Å². The molecular weight excluding hydrogens is 281 g/mol. The molecule has 21 heavy (non-hydrogen) atoms. The summed E-state index contributed by atoms with van der Waals surface area (Å²) in [4.78, 5) is 11.7. The number of carbonyl (C=O) groups excluding carboxylic acids is 1. The molecule has 0 radical (unpaired) electrons. The van der Waals surface area contributed by atoms with Gasteiger partial charge in [0, 0.05) is 24.7 Å². The number of halogens is 3. The Kier molecular flexibility index (Phi) is 3.65. The average Bonchev–Trinajstić information content (AvgIpc) is 3.05. The molecule has 0 bridgehead atoms. The van der Waals surface area contributed by atoms with Gasteiger partial charge in [-0.3, -0.25) is 4.79 Å². The van der Waals surface area contributed by atoms with E-state index < -0.39 is 17.6 Å². The highest BCUT2D eigenvalue weighted by molar-refractivity contribution is 5.99. The molecule has 2 N–H and O–H groups in total. The van der Waals surface area contributed by atoms with Crippen LogP contribution in [0.4, 0.5) is 13.2 Å². The van der Waals surface area contributed by atoms with Gasteiger partial charge >= 0.3 is 6.18 Å². The zero-order chi connectivity index (χ0) is 15.0. The van der Waals surface area contributed by atoms with Crippen LogP contribution in [0.1, 0.15) is 52.7 Å². The predicted molar refractivity (Wildman–Crippen MR) is 71.7 cm³/mol. The van der Waals surface area contributed by atoms with Crippen LogP contribution in [-0.2, 0) is 19.3 Å². The number of carbonyl (C=O) groups is 1. The lowest BCUT2D eigenvalue weighted by Crippen LogP contribution is -2.25. The molecule has 1 aromatic carbocycles. The van der Waals surface area contributed by atoms with Crippen molar-refractivity contribution in [2.75, 3.05) is 0 Å². The first kappa shape index (κ1) is 14.4. The highest BCUT2D eigenvalue weighted by atomic mass is 19.4. The van der Waals surface area contributed by atoms with E-state index in [-0.39, 0.29) is 17.7 Å². The maximum absolute atomic E-state index is 13.1. The van der Waals surface area contributed by atoms with Crippen molar-refractivity contribution < 1.29 is 18.0 Å². The molecular formula is C15H17F3N2O. The van der Waals surface area contributed by atoms with E-state index in [1.165, 1.54) is 6.07 Å². The Morgan fingerprint density at radius 1 is 1.24 bits per heavy atom. The van der Waals surface area contributed by atoms with E-state index in [1.807, 2.05) is 0 Å². The fraction of sp³-hybridized carbons (Fsp3) is 0.533. The number of hydrogen-bond acceptors (Lipinski definition) is 2. The topological polar surface area (TPSA) is 41.1 Å². The van der Waals surface area contributed by atoms with Crippen molar-refractivity contribution in [2.45, 2.75) is 51.0 Å². The van der Waals surface area contributed by atoms with Crippen LogP contribution in [0.15, 0.2) is 12.1 Å². The summed E-state index contributed by atoms with van der Waals surface area (Å²) in [5.74, 6) is -0.418. The van der Waals surface area contributed by atoms with Gasteiger partial charge < -0.3 is 10.6 Å². The summed E-state index contributed by atoms with van der Waals surface area (Å²) in [6.07, 6.45) is 0.0327. The maximum atomic E-state index is 13.1. The van der Waals surface area contributed by atoms with E-state index in [0.717, 1.165) is 25.7 Å². The lowest BCUT2D eigenvalue weighted by Gasteiger charge is -2.16. The molecule has 1 saturated carbocycles. The minimum atomic E-state index is -4.43. The minimum absolute atomic E-state index is 0.0423. The van der Waals surface area contributed by atoms with Gasteiger partial charge in [-0.05, 0) is 36.1 Å². The molecule has 0 unspecified atom stereocenters. The SMILES string of the molecule is O=C1NCc2c1cc(CNC1CCCC1)cc2C(F)(F)F. The Balaban J connectivity index is 1.87. The summed E-state index contributed by atoms with van der Waals surface area (Å²) in [6, 6.07) is 3.12. The minimum Gasteiger partial charge on any atom is -0.348 e. The standard InChI is InChI=1S/C15H17F3N2O/c16-15(17,18)13-6-9(7-19-10-3-1-2-4-10)5-11-12(13)8-20-14(11)21/h5-6,10,19H,1-4,7-8H2,(H,20,21). The lowest BCUT2D eigenvalue weighted by atomic mass is 9.98. The van der Waals surface area contributed by atoms with Gasteiger partial charge in [0.25, 0.3) is 5.91 Å². The number of benzene rings is 1. The number of hydrogen-bond donors (Lipinski definition) is 2. The zero-order valence-corrected chi connectivity index (χ0v) is 11.5. The number of amides is 1. The molecule has 3 nitrogen and oxygen atoms in total. The van der Waals surface area contributed by atoms with E-state index in [4.69, 9.17) is 0 Å². The third kappa shape index (κ3) is 2.90. The van der Waals surface area contributed by atoms with E-state index in [1.54, 1.807) is 6.07 Å². The van der Waals surface area contributed by atoms with Crippen LogP contribution in [0.25, 0.3) is 0 Å². The molecule has 3 rings (SSSR count). The largest absolute Gasteiger partial charge is 0.416 e. The van der Waals surface area contributed by atoms with Crippen LogP contribution in [-0.4, -0.2) is 11.9 Å². The summed E-state index contributed by atoms with van der Waals surface area (Å²) >= 11 is 0. The molecule has 1 aromatic rings. The molecule has 114 valence electrons. The van der Waals surface area contributed by atoms with Crippen molar-refractivity contribution in [2.24, 2.45) is 0 Å². The zero-order valence-electron chi connectivity index (χ0n) is 11.5. The second-order valence-corrected chi connectivity index (χ2v) is 5.71. The normalized spacial score (nSPS) is 18.9. The first-order valence-corrected chi connectivity index (χ1v) is 7.20. The molecule has 6 heteroatoms. The first-order chi connectivity index (χ1) is 9.95. The van der Waals surface area contributed by atoms with Crippen LogP contribution in [0.2, 0.25) is 0 Å². The highest BCUT2D eigenvalue weighted by Crippen LogP contribution is 2.36. The fourth-order valence-electron chi connectivity index (χ4n) is 3.14. The van der Waals surface area contributed by atoms with Gasteiger partial charge in [0.15, 0.2) is 0 Å². The van der Waals surface area contributed by atoms with Gasteiger partial charge in [-0.25, -0.2) is 0 Å². The van der Waals surface area contributed by atoms with Crippen molar-refractivity contribution in [1.82, 2.24) is 10.6 Å². The Labute approximate surface area is 120 Å². The van der Waals surface area contributed by atoms with Crippen molar-refractivity contribution in [3.8, 4) is 0 Å². The molecule has 1 fully saturated rings. The van der Waals surface area contributed by atoms with Crippen LogP contribution < -0.4 is 10.6 Å². The summed E-state index contributed by atoms with van der Waals surface area (Å²) in [5.41, 5.74) is 0.0526. The number of rotatable bonds is 3. The molecule has 0 aromatic heterocycles. The van der Waals surface area contributed by atoms with Gasteiger partial charge in [0.1, 0.15) is 0 Å². The second-order valence-electron chi connectivity index (χ2n) is 5.71. The maximum Gasteiger partial charge on any atom is 0.416 e. The van der Waals surface area contributed by atoms with Gasteiger partial charge in [-0.1, -0.05) is 12.8 Å². The number of nitrogens with one attached hydrogen (secondary N) is 2. The Morgan fingerprint density at radius 2 is 1.95 bits per heavy atom. The third-order valence-electron chi connectivity index (χ3n) is 4.24. The van der Waals surface area contributed by atoms with E-state index in [0.29, 0.717) is 18.2 Å². The average molecular weight is 298 g/mol. The summed E-state index contributed by atoms with van der Waals surface area (Å²) in [5, 5.41) is 5.75.